The molecule has 2 atom stereocenters. The second-order valence-electron chi connectivity index (χ2n) is 6.83. The van der Waals surface area contributed by atoms with E-state index in [1.54, 1.807) is 13.8 Å². The van der Waals surface area contributed by atoms with Crippen molar-refractivity contribution in [2.75, 3.05) is 52.7 Å². The summed E-state index contributed by atoms with van der Waals surface area (Å²) in [6.45, 7) is 8.23. The summed E-state index contributed by atoms with van der Waals surface area (Å²) in [5.41, 5.74) is 0. The van der Waals surface area contributed by atoms with Gasteiger partial charge in [-0.15, -0.1) is 0 Å². The number of rotatable bonds is 5. The molecule has 3 aliphatic heterocycles. The van der Waals surface area contributed by atoms with Crippen molar-refractivity contribution in [3.63, 3.8) is 0 Å². The van der Waals surface area contributed by atoms with Crippen LogP contribution in [0.2, 0.25) is 0 Å². The van der Waals surface area contributed by atoms with E-state index in [9.17, 15) is 9.59 Å². The lowest BCUT2D eigenvalue weighted by atomic mass is 9.83. The van der Waals surface area contributed by atoms with Crippen molar-refractivity contribution in [3.8, 4) is 0 Å². The number of ether oxygens (including phenoxy) is 2. The fourth-order valence-electron chi connectivity index (χ4n) is 3.82. The highest BCUT2D eigenvalue weighted by Gasteiger charge is 2.52. The molecule has 0 saturated carbocycles. The van der Waals surface area contributed by atoms with E-state index in [0.717, 1.165) is 24.8 Å². The van der Waals surface area contributed by atoms with Gasteiger partial charge in [-0.2, -0.15) is 0 Å². The molecule has 4 aliphatic rings. The Morgan fingerprint density at radius 2 is 1.52 bits per heavy atom. The van der Waals surface area contributed by atoms with Crippen LogP contribution in [0.4, 0.5) is 0 Å². The molecule has 3 fully saturated rings. The molecule has 0 radical (unpaired) electrons. The van der Waals surface area contributed by atoms with E-state index in [1.165, 1.54) is 0 Å². The van der Waals surface area contributed by atoms with Crippen molar-refractivity contribution >= 4 is 20.7 Å². The first-order chi connectivity index (χ1) is 13.1. The molecule has 0 spiro atoms. The van der Waals surface area contributed by atoms with Gasteiger partial charge < -0.3 is 22.8 Å². The minimum absolute atomic E-state index is 0.270. The highest BCUT2D eigenvalue weighted by Crippen LogP contribution is 2.37. The summed E-state index contributed by atoms with van der Waals surface area (Å²) < 4.78 is 28.8. The van der Waals surface area contributed by atoms with Crippen molar-refractivity contribution in [2.45, 2.75) is 26.7 Å². The van der Waals surface area contributed by atoms with Gasteiger partial charge >= 0.3 is 20.7 Å². The summed E-state index contributed by atoms with van der Waals surface area (Å²) in [6.07, 6.45) is 2.71. The lowest BCUT2D eigenvalue weighted by Gasteiger charge is -2.41. The van der Waals surface area contributed by atoms with Crippen LogP contribution < -0.4 is 0 Å². The first kappa shape index (κ1) is 20.5. The van der Waals surface area contributed by atoms with Crippen molar-refractivity contribution in [2.24, 2.45) is 11.8 Å². The highest BCUT2D eigenvalue weighted by molar-refractivity contribution is 6.69. The van der Waals surface area contributed by atoms with Gasteiger partial charge in [-0.1, -0.05) is 6.08 Å². The second-order valence-corrected chi connectivity index (χ2v) is 9.45. The number of nitrogens with zero attached hydrogens (tertiary/aromatic N) is 1. The van der Waals surface area contributed by atoms with Gasteiger partial charge in [0.15, 0.2) is 0 Å². The van der Waals surface area contributed by atoms with Crippen LogP contribution in [0.15, 0.2) is 11.3 Å². The van der Waals surface area contributed by atoms with Crippen molar-refractivity contribution in [1.29, 1.82) is 0 Å². The quantitative estimate of drug-likeness (QED) is 0.499. The summed E-state index contributed by atoms with van der Waals surface area (Å²) in [4.78, 5) is 27.2. The third-order valence-electron chi connectivity index (χ3n) is 5.21. The van der Waals surface area contributed by atoms with Gasteiger partial charge in [-0.25, -0.2) is 0 Å². The maximum absolute atomic E-state index is 12.6. The van der Waals surface area contributed by atoms with Crippen LogP contribution in [0.5, 0.6) is 0 Å². The van der Waals surface area contributed by atoms with Gasteiger partial charge in [0.2, 0.25) is 0 Å². The molecule has 27 heavy (non-hydrogen) atoms. The molecule has 9 heteroatoms. The Bertz CT molecular complexity index is 556. The molecule has 0 N–H and O–H groups in total. The predicted octanol–water partition coefficient (Wildman–Crippen LogP) is 0.922. The number of hydrogen-bond donors (Lipinski definition) is 0. The van der Waals surface area contributed by atoms with Gasteiger partial charge in [0.25, 0.3) is 0 Å². The highest BCUT2D eigenvalue weighted by atomic mass is 28.4. The van der Waals surface area contributed by atoms with Gasteiger partial charge in [0.1, 0.15) is 0 Å². The molecule has 0 amide bonds. The minimum atomic E-state index is -3.05. The molecule has 0 aromatic heterocycles. The lowest BCUT2D eigenvalue weighted by molar-refractivity contribution is -0.160. The zero-order valence-electron chi connectivity index (χ0n) is 16.1. The van der Waals surface area contributed by atoms with E-state index < -0.39 is 20.6 Å². The zero-order chi connectivity index (χ0) is 19.3. The third kappa shape index (κ3) is 4.60. The standard InChI is InChI=1S/C18H29NO7Si/c1-3-22-17(20)15-6-5-14(13-16(15)18(21)23-4-2)27-24-10-7-19(8-11-25-27)9-12-26-27/h5,15-16H,3-4,6-13H2,1-2H3. The van der Waals surface area contributed by atoms with E-state index in [2.05, 4.69) is 4.90 Å². The predicted molar refractivity (Wildman–Crippen MR) is 97.6 cm³/mol. The van der Waals surface area contributed by atoms with Crippen LogP contribution in [-0.2, 0) is 32.3 Å². The molecule has 2 bridgehead atoms. The summed E-state index contributed by atoms with van der Waals surface area (Å²) >= 11 is 0. The summed E-state index contributed by atoms with van der Waals surface area (Å²) in [7, 11) is -3.05. The molecule has 3 saturated heterocycles. The van der Waals surface area contributed by atoms with Gasteiger partial charge in [-0.05, 0) is 31.9 Å². The first-order valence-electron chi connectivity index (χ1n) is 9.76. The van der Waals surface area contributed by atoms with E-state index in [1.807, 2.05) is 6.08 Å². The van der Waals surface area contributed by atoms with Gasteiger partial charge in [-0.3, -0.25) is 14.5 Å². The largest absolute Gasteiger partial charge is 0.532 e. The maximum atomic E-state index is 12.6. The number of hydrogen-bond acceptors (Lipinski definition) is 8. The number of carbonyl (C=O) groups is 2. The van der Waals surface area contributed by atoms with Crippen LogP contribution in [0.25, 0.3) is 0 Å². The molecule has 3 heterocycles. The maximum Gasteiger partial charge on any atom is 0.532 e. The van der Waals surface area contributed by atoms with E-state index in [0.29, 0.717) is 32.7 Å². The summed E-state index contributed by atoms with van der Waals surface area (Å²) in [6, 6.07) is 0. The molecule has 4 rings (SSSR count). The molecule has 152 valence electrons. The summed E-state index contributed by atoms with van der Waals surface area (Å²) in [5.74, 6) is -1.89. The number of fused-ring (bicyclic) bond motifs is 6. The molecule has 2 unspecified atom stereocenters. The molecule has 8 nitrogen and oxygen atoms in total. The molecule has 0 aromatic carbocycles. The van der Waals surface area contributed by atoms with E-state index in [4.69, 9.17) is 22.8 Å². The van der Waals surface area contributed by atoms with Crippen LogP contribution in [0.1, 0.15) is 26.7 Å². The van der Waals surface area contributed by atoms with Crippen molar-refractivity contribution < 1.29 is 32.3 Å². The summed E-state index contributed by atoms with van der Waals surface area (Å²) in [5, 5.41) is 0.886. The van der Waals surface area contributed by atoms with Crippen LogP contribution in [-0.4, -0.2) is 78.3 Å². The Morgan fingerprint density at radius 1 is 1.00 bits per heavy atom. The SMILES string of the molecule is CCOC(=O)C1CC=C([Si]23OCCN(CCO2)CCO3)CC1C(=O)OCC. The van der Waals surface area contributed by atoms with Gasteiger partial charge in [0, 0.05) is 19.6 Å². The first-order valence-corrected chi connectivity index (χ1v) is 11.5. The monoisotopic (exact) mass is 399 g/mol. The number of carbonyl (C=O) groups excluding carboxylic acids is 2. The smallest absolute Gasteiger partial charge is 0.466 e. The van der Waals surface area contributed by atoms with Crippen LogP contribution >= 0.6 is 0 Å². The molecular formula is C18H29NO7Si. The zero-order valence-corrected chi connectivity index (χ0v) is 17.1. The van der Waals surface area contributed by atoms with Crippen LogP contribution in [0.3, 0.4) is 0 Å². The molecule has 0 aromatic rings. The average molecular weight is 400 g/mol. The molecule has 1 aliphatic carbocycles. The normalized spacial score (nSPS) is 34.0. The Labute approximate surface area is 161 Å². The Hall–Kier alpha value is -1.26. The van der Waals surface area contributed by atoms with Gasteiger partial charge in [0.05, 0.1) is 44.9 Å². The third-order valence-corrected chi connectivity index (χ3v) is 8.16. The van der Waals surface area contributed by atoms with Crippen LogP contribution in [0, 0.1) is 11.8 Å². The van der Waals surface area contributed by atoms with Crippen molar-refractivity contribution in [1.82, 2.24) is 4.90 Å². The fourth-order valence-corrected chi connectivity index (χ4v) is 6.54. The minimum Gasteiger partial charge on any atom is -0.466 e. The van der Waals surface area contributed by atoms with Crippen molar-refractivity contribution in [3.05, 3.63) is 11.3 Å². The Kier molecular flexibility index (Phi) is 7.04. The van der Waals surface area contributed by atoms with E-state index >= 15 is 0 Å². The lowest BCUT2D eigenvalue weighted by Crippen LogP contribution is -2.57. The average Bonchev–Trinajstić information content (AvgIpc) is 2.60. The van der Waals surface area contributed by atoms with E-state index in [-0.39, 0.29) is 25.2 Å². The Morgan fingerprint density at radius 3 is 2.04 bits per heavy atom. The topological polar surface area (TPSA) is 83.5 Å². The second kappa shape index (κ2) is 9.29. The molecular weight excluding hydrogens is 370 g/mol. The number of esters is 2. The Balaban J connectivity index is 1.84. The number of allylic oxidation sites excluding steroid dienone is 2. The fraction of sp³-hybridized carbons (Fsp3) is 0.778.